The first-order valence-corrected chi connectivity index (χ1v) is 7.14. The highest BCUT2D eigenvalue weighted by Crippen LogP contribution is 2.37. The molecule has 0 radical (unpaired) electrons. The molecule has 1 aromatic heterocycles. The van der Waals surface area contributed by atoms with Crippen LogP contribution in [0.3, 0.4) is 0 Å². The monoisotopic (exact) mass is 327 g/mol. The van der Waals surface area contributed by atoms with Gasteiger partial charge in [0.15, 0.2) is 11.5 Å². The molecule has 1 aromatic carbocycles. The Balaban J connectivity index is 2.23. The topological polar surface area (TPSA) is 40.6 Å². The largest absolute Gasteiger partial charge is 0.493 e. The van der Waals surface area contributed by atoms with E-state index in [0.717, 1.165) is 11.1 Å². The predicted octanol–water partition coefficient (Wildman–Crippen LogP) is 4.07. The van der Waals surface area contributed by atoms with Crippen molar-refractivity contribution in [3.8, 4) is 17.4 Å². The maximum atomic E-state index is 6.22. The molecule has 0 saturated carbocycles. The zero-order valence-electron chi connectivity index (χ0n) is 11.7. The summed E-state index contributed by atoms with van der Waals surface area (Å²) in [6.07, 6.45) is 1.66. The molecule has 0 saturated heterocycles. The molecule has 0 aliphatic heterocycles. The summed E-state index contributed by atoms with van der Waals surface area (Å²) in [4.78, 5) is 4.12. The predicted molar refractivity (Wildman–Crippen MR) is 82.7 cm³/mol. The third kappa shape index (κ3) is 3.71. The van der Waals surface area contributed by atoms with Gasteiger partial charge in [-0.2, -0.15) is 0 Å². The second-order valence-electron chi connectivity index (χ2n) is 4.20. The molecule has 0 unspecified atom stereocenters. The van der Waals surface area contributed by atoms with Crippen LogP contribution in [0.5, 0.6) is 17.4 Å². The van der Waals surface area contributed by atoms with Crippen molar-refractivity contribution < 1.29 is 14.2 Å². The highest BCUT2D eigenvalue weighted by Gasteiger charge is 2.13. The number of rotatable bonds is 6. The minimum atomic E-state index is 0.271. The van der Waals surface area contributed by atoms with Crippen LogP contribution in [0.25, 0.3) is 0 Å². The summed E-state index contributed by atoms with van der Waals surface area (Å²) in [6.45, 7) is 0.271. The maximum absolute atomic E-state index is 6.22. The van der Waals surface area contributed by atoms with Crippen molar-refractivity contribution in [3.05, 3.63) is 46.6 Å². The van der Waals surface area contributed by atoms with E-state index in [1.807, 2.05) is 12.1 Å². The maximum Gasteiger partial charge on any atom is 0.219 e. The van der Waals surface area contributed by atoms with Crippen molar-refractivity contribution in [3.63, 3.8) is 0 Å². The summed E-state index contributed by atoms with van der Waals surface area (Å²) in [5.41, 5.74) is 1.68. The van der Waals surface area contributed by atoms with Crippen LogP contribution in [0.1, 0.15) is 11.1 Å². The molecular formula is C15H15Cl2NO3. The van der Waals surface area contributed by atoms with Crippen molar-refractivity contribution in [2.45, 2.75) is 12.5 Å². The minimum absolute atomic E-state index is 0.271. The van der Waals surface area contributed by atoms with Crippen LogP contribution in [-0.2, 0) is 12.5 Å². The van der Waals surface area contributed by atoms with Crippen LogP contribution in [0.15, 0.2) is 30.5 Å². The van der Waals surface area contributed by atoms with E-state index in [1.54, 1.807) is 32.5 Å². The van der Waals surface area contributed by atoms with E-state index in [0.29, 0.717) is 28.3 Å². The summed E-state index contributed by atoms with van der Waals surface area (Å²) in [5.74, 6) is 1.89. The molecule has 2 rings (SSSR count). The quantitative estimate of drug-likeness (QED) is 0.750. The Morgan fingerprint density at radius 1 is 1.19 bits per heavy atom. The van der Waals surface area contributed by atoms with E-state index in [4.69, 9.17) is 37.4 Å². The summed E-state index contributed by atoms with van der Waals surface area (Å²) in [7, 11) is 3.12. The lowest BCUT2D eigenvalue weighted by atomic mass is 10.2. The lowest BCUT2D eigenvalue weighted by molar-refractivity contribution is 0.276. The van der Waals surface area contributed by atoms with Crippen molar-refractivity contribution in [1.82, 2.24) is 4.98 Å². The fourth-order valence-electron chi connectivity index (χ4n) is 1.86. The number of hydrogen-bond acceptors (Lipinski definition) is 4. The highest BCUT2D eigenvalue weighted by molar-refractivity contribution is 6.32. The molecule has 0 spiro atoms. The number of pyridine rings is 1. The van der Waals surface area contributed by atoms with Gasteiger partial charge in [0.2, 0.25) is 5.88 Å². The second kappa shape index (κ2) is 7.38. The SMILES string of the molecule is COc1cc(CCl)cc(Cl)c1OCc1cccnc1OC. The van der Waals surface area contributed by atoms with Gasteiger partial charge in [-0.1, -0.05) is 11.6 Å². The van der Waals surface area contributed by atoms with Gasteiger partial charge in [0, 0.05) is 12.1 Å². The van der Waals surface area contributed by atoms with Gasteiger partial charge >= 0.3 is 0 Å². The number of halogens is 2. The fraction of sp³-hybridized carbons (Fsp3) is 0.267. The molecule has 21 heavy (non-hydrogen) atoms. The van der Waals surface area contributed by atoms with E-state index in [1.165, 1.54) is 0 Å². The molecule has 6 heteroatoms. The Bertz CT molecular complexity index is 620. The van der Waals surface area contributed by atoms with Crippen LogP contribution in [0, 0.1) is 0 Å². The molecule has 1 heterocycles. The molecular weight excluding hydrogens is 313 g/mol. The molecule has 0 N–H and O–H groups in total. The van der Waals surface area contributed by atoms with Crippen molar-refractivity contribution in [1.29, 1.82) is 0 Å². The van der Waals surface area contributed by atoms with Gasteiger partial charge in [-0.3, -0.25) is 0 Å². The number of methoxy groups -OCH3 is 2. The summed E-state index contributed by atoms with van der Waals surface area (Å²) >= 11 is 12.0. The normalized spacial score (nSPS) is 10.3. The standard InChI is InChI=1S/C15H15Cl2NO3/c1-19-13-7-10(8-16)6-12(17)14(13)21-9-11-4-3-5-18-15(11)20-2/h3-7H,8-9H2,1-2H3. The van der Waals surface area contributed by atoms with Gasteiger partial charge in [-0.15, -0.1) is 11.6 Å². The smallest absolute Gasteiger partial charge is 0.219 e. The van der Waals surface area contributed by atoms with Gasteiger partial charge in [0.05, 0.1) is 24.8 Å². The Labute approximate surface area is 133 Å². The first kappa shape index (κ1) is 15.7. The second-order valence-corrected chi connectivity index (χ2v) is 4.88. The first-order valence-electron chi connectivity index (χ1n) is 6.22. The average molecular weight is 328 g/mol. The Hall–Kier alpha value is -1.65. The number of nitrogens with zero attached hydrogens (tertiary/aromatic N) is 1. The Morgan fingerprint density at radius 2 is 2.00 bits per heavy atom. The molecule has 4 nitrogen and oxygen atoms in total. The molecule has 0 aliphatic carbocycles. The first-order chi connectivity index (χ1) is 10.2. The summed E-state index contributed by atoms with van der Waals surface area (Å²) in [6, 6.07) is 7.25. The fourth-order valence-corrected chi connectivity index (χ4v) is 2.30. The third-order valence-corrected chi connectivity index (χ3v) is 3.45. The van der Waals surface area contributed by atoms with Crippen LogP contribution in [0.2, 0.25) is 5.02 Å². The van der Waals surface area contributed by atoms with E-state index in [-0.39, 0.29) is 6.61 Å². The van der Waals surface area contributed by atoms with Crippen LogP contribution in [-0.4, -0.2) is 19.2 Å². The molecule has 0 fully saturated rings. The van der Waals surface area contributed by atoms with Gasteiger partial charge in [-0.05, 0) is 29.8 Å². The lowest BCUT2D eigenvalue weighted by Crippen LogP contribution is -2.02. The third-order valence-electron chi connectivity index (χ3n) is 2.86. The van der Waals surface area contributed by atoms with Gasteiger partial charge in [0.25, 0.3) is 0 Å². The Morgan fingerprint density at radius 3 is 2.67 bits per heavy atom. The van der Waals surface area contributed by atoms with Gasteiger partial charge < -0.3 is 14.2 Å². The molecule has 2 aromatic rings. The van der Waals surface area contributed by atoms with Gasteiger partial charge in [-0.25, -0.2) is 4.98 Å². The van der Waals surface area contributed by atoms with Crippen LogP contribution < -0.4 is 14.2 Å². The number of aromatic nitrogens is 1. The number of ether oxygens (including phenoxy) is 3. The average Bonchev–Trinajstić information content (AvgIpc) is 2.53. The zero-order valence-corrected chi connectivity index (χ0v) is 13.2. The molecule has 0 bridgehead atoms. The van der Waals surface area contributed by atoms with Crippen molar-refractivity contribution >= 4 is 23.2 Å². The number of alkyl halides is 1. The van der Waals surface area contributed by atoms with Crippen molar-refractivity contribution in [2.24, 2.45) is 0 Å². The Kier molecular flexibility index (Phi) is 5.53. The van der Waals surface area contributed by atoms with E-state index < -0.39 is 0 Å². The molecule has 0 aliphatic rings. The summed E-state index contributed by atoms with van der Waals surface area (Å²) < 4.78 is 16.2. The zero-order chi connectivity index (χ0) is 15.2. The van der Waals surface area contributed by atoms with Crippen LogP contribution in [0.4, 0.5) is 0 Å². The number of hydrogen-bond donors (Lipinski definition) is 0. The van der Waals surface area contributed by atoms with Gasteiger partial charge in [0.1, 0.15) is 6.61 Å². The minimum Gasteiger partial charge on any atom is -0.493 e. The molecule has 0 amide bonds. The highest BCUT2D eigenvalue weighted by atomic mass is 35.5. The van der Waals surface area contributed by atoms with Crippen molar-refractivity contribution in [2.75, 3.05) is 14.2 Å². The lowest BCUT2D eigenvalue weighted by Gasteiger charge is -2.14. The summed E-state index contributed by atoms with van der Waals surface area (Å²) in [5, 5.41) is 0.452. The molecule has 0 atom stereocenters. The molecule has 112 valence electrons. The number of benzene rings is 1. The van der Waals surface area contributed by atoms with E-state index in [9.17, 15) is 0 Å². The van der Waals surface area contributed by atoms with E-state index >= 15 is 0 Å². The van der Waals surface area contributed by atoms with E-state index in [2.05, 4.69) is 4.98 Å². The van der Waals surface area contributed by atoms with Crippen LogP contribution >= 0.6 is 23.2 Å².